The van der Waals surface area contributed by atoms with Crippen LogP contribution in [0.5, 0.6) is 0 Å². The van der Waals surface area contributed by atoms with E-state index in [1.807, 2.05) is 13.0 Å². The summed E-state index contributed by atoms with van der Waals surface area (Å²) in [5.41, 5.74) is 1.61. The predicted molar refractivity (Wildman–Crippen MR) is 61.6 cm³/mol. The summed E-state index contributed by atoms with van der Waals surface area (Å²) >= 11 is 5.98. The molecule has 1 saturated heterocycles. The Morgan fingerprint density at radius 3 is 2.81 bits per heavy atom. The van der Waals surface area contributed by atoms with Gasteiger partial charge >= 0.3 is 0 Å². The number of nitrogens with zero attached hydrogens (tertiary/aromatic N) is 1. The SMILES string of the molecule is Cc1ccc(N2CC(=O)NCC2=O)cc1Cl. The lowest BCUT2D eigenvalue weighted by Gasteiger charge is -2.26. The minimum Gasteiger partial charge on any atom is -0.345 e. The van der Waals surface area contributed by atoms with Crippen LogP contribution < -0.4 is 10.2 Å². The minimum absolute atomic E-state index is 0.0460. The van der Waals surface area contributed by atoms with Crippen molar-refractivity contribution in [3.8, 4) is 0 Å². The third-order valence-corrected chi connectivity index (χ3v) is 2.91. The molecule has 16 heavy (non-hydrogen) atoms. The topological polar surface area (TPSA) is 49.4 Å². The molecule has 1 aliphatic heterocycles. The van der Waals surface area contributed by atoms with E-state index in [0.717, 1.165) is 5.56 Å². The van der Waals surface area contributed by atoms with Crippen molar-refractivity contribution in [2.75, 3.05) is 18.0 Å². The highest BCUT2D eigenvalue weighted by Crippen LogP contribution is 2.23. The van der Waals surface area contributed by atoms with Gasteiger partial charge in [-0.15, -0.1) is 0 Å². The molecule has 84 valence electrons. The summed E-state index contributed by atoms with van der Waals surface area (Å²) in [6.07, 6.45) is 0. The second-order valence-corrected chi connectivity index (χ2v) is 4.10. The Bertz CT molecular complexity index is 459. The molecule has 2 rings (SSSR count). The van der Waals surface area contributed by atoms with Gasteiger partial charge in [-0.1, -0.05) is 17.7 Å². The van der Waals surface area contributed by atoms with Crippen molar-refractivity contribution in [1.82, 2.24) is 5.32 Å². The lowest BCUT2D eigenvalue weighted by Crippen LogP contribution is -2.51. The molecule has 0 saturated carbocycles. The summed E-state index contributed by atoms with van der Waals surface area (Å²) in [7, 11) is 0. The maximum Gasteiger partial charge on any atom is 0.246 e. The molecule has 0 radical (unpaired) electrons. The summed E-state index contributed by atoms with van der Waals surface area (Å²) in [6, 6.07) is 5.32. The summed E-state index contributed by atoms with van der Waals surface area (Å²) in [4.78, 5) is 24.2. The lowest BCUT2D eigenvalue weighted by molar-refractivity contribution is -0.128. The largest absolute Gasteiger partial charge is 0.345 e. The summed E-state index contributed by atoms with van der Waals surface area (Å²) in [6.45, 7) is 1.99. The maximum atomic E-state index is 11.6. The van der Waals surface area contributed by atoms with E-state index in [4.69, 9.17) is 11.6 Å². The minimum atomic E-state index is -0.156. The molecule has 1 fully saturated rings. The number of nitrogens with one attached hydrogen (secondary N) is 1. The van der Waals surface area contributed by atoms with E-state index >= 15 is 0 Å². The van der Waals surface area contributed by atoms with Crippen molar-refractivity contribution in [2.24, 2.45) is 0 Å². The molecule has 0 spiro atoms. The van der Waals surface area contributed by atoms with Gasteiger partial charge in [-0.25, -0.2) is 0 Å². The van der Waals surface area contributed by atoms with Gasteiger partial charge in [0.1, 0.15) is 6.54 Å². The van der Waals surface area contributed by atoms with Gasteiger partial charge in [0.15, 0.2) is 0 Å². The van der Waals surface area contributed by atoms with Crippen LogP contribution in [0.3, 0.4) is 0 Å². The Morgan fingerprint density at radius 1 is 1.38 bits per heavy atom. The van der Waals surface area contributed by atoms with Crippen molar-refractivity contribution in [2.45, 2.75) is 6.92 Å². The molecule has 0 aliphatic carbocycles. The van der Waals surface area contributed by atoms with Crippen molar-refractivity contribution in [1.29, 1.82) is 0 Å². The number of carbonyl (C=O) groups excluding carboxylic acids is 2. The van der Waals surface area contributed by atoms with Crippen LogP contribution in [0.25, 0.3) is 0 Å². The van der Waals surface area contributed by atoms with Gasteiger partial charge in [-0.2, -0.15) is 0 Å². The van der Waals surface area contributed by atoms with E-state index in [-0.39, 0.29) is 24.9 Å². The number of hydrogen-bond donors (Lipinski definition) is 1. The van der Waals surface area contributed by atoms with E-state index in [1.165, 1.54) is 4.90 Å². The Balaban J connectivity index is 2.31. The first-order valence-electron chi connectivity index (χ1n) is 4.91. The van der Waals surface area contributed by atoms with Gasteiger partial charge < -0.3 is 10.2 Å². The van der Waals surface area contributed by atoms with Crippen molar-refractivity contribution in [3.63, 3.8) is 0 Å². The average molecular weight is 239 g/mol. The molecule has 1 N–H and O–H groups in total. The fourth-order valence-corrected chi connectivity index (χ4v) is 1.72. The van der Waals surface area contributed by atoms with E-state index in [9.17, 15) is 9.59 Å². The molecule has 0 aromatic heterocycles. The molecule has 0 bridgehead atoms. The molecule has 2 amide bonds. The number of hydrogen-bond acceptors (Lipinski definition) is 2. The Kier molecular flexibility index (Phi) is 2.83. The summed E-state index contributed by atoms with van der Waals surface area (Å²) in [5, 5.41) is 3.09. The lowest BCUT2D eigenvalue weighted by atomic mass is 10.2. The highest BCUT2D eigenvalue weighted by atomic mass is 35.5. The first-order chi connectivity index (χ1) is 7.58. The molecular formula is C11H11ClN2O2. The number of benzene rings is 1. The van der Waals surface area contributed by atoms with Crippen LogP contribution in [-0.4, -0.2) is 24.9 Å². The highest BCUT2D eigenvalue weighted by Gasteiger charge is 2.24. The van der Waals surface area contributed by atoms with E-state index in [1.54, 1.807) is 12.1 Å². The van der Waals surface area contributed by atoms with Gasteiger partial charge in [0, 0.05) is 10.7 Å². The van der Waals surface area contributed by atoms with Gasteiger partial charge in [0.25, 0.3) is 0 Å². The van der Waals surface area contributed by atoms with Gasteiger partial charge in [-0.05, 0) is 24.6 Å². The third kappa shape index (κ3) is 2.02. The number of carbonyl (C=O) groups is 2. The van der Waals surface area contributed by atoms with Crippen molar-refractivity contribution in [3.05, 3.63) is 28.8 Å². The normalized spacial score (nSPS) is 16.2. The zero-order valence-electron chi connectivity index (χ0n) is 8.79. The Labute approximate surface area is 98.2 Å². The highest BCUT2D eigenvalue weighted by molar-refractivity contribution is 6.31. The fraction of sp³-hybridized carbons (Fsp3) is 0.273. The molecule has 0 unspecified atom stereocenters. The van der Waals surface area contributed by atoms with Crippen LogP contribution in [0.2, 0.25) is 5.02 Å². The van der Waals surface area contributed by atoms with Gasteiger partial charge in [-0.3, -0.25) is 9.59 Å². The molecule has 1 aromatic rings. The first-order valence-corrected chi connectivity index (χ1v) is 5.29. The fourth-order valence-electron chi connectivity index (χ4n) is 1.54. The first kappa shape index (κ1) is 11.0. The van der Waals surface area contributed by atoms with Crippen LogP contribution >= 0.6 is 11.6 Å². The Morgan fingerprint density at radius 2 is 2.12 bits per heavy atom. The van der Waals surface area contributed by atoms with Crippen LogP contribution in [0.1, 0.15) is 5.56 Å². The second-order valence-electron chi connectivity index (χ2n) is 3.69. The number of piperazine rings is 1. The second kappa shape index (κ2) is 4.14. The molecular weight excluding hydrogens is 228 g/mol. The van der Waals surface area contributed by atoms with Crippen LogP contribution in [0.15, 0.2) is 18.2 Å². The molecule has 5 heteroatoms. The molecule has 4 nitrogen and oxygen atoms in total. The molecule has 1 heterocycles. The number of halogens is 1. The summed E-state index contributed by atoms with van der Waals surface area (Å²) < 4.78 is 0. The zero-order valence-corrected chi connectivity index (χ0v) is 9.54. The van der Waals surface area contributed by atoms with Crippen molar-refractivity contribution < 1.29 is 9.59 Å². The summed E-state index contributed by atoms with van der Waals surface area (Å²) in [5.74, 6) is -0.282. The van der Waals surface area contributed by atoms with Gasteiger partial charge in [0.2, 0.25) is 11.8 Å². The van der Waals surface area contributed by atoms with Crippen LogP contribution in [-0.2, 0) is 9.59 Å². The number of aryl methyl sites for hydroxylation is 1. The average Bonchev–Trinajstić information content (AvgIpc) is 2.26. The predicted octanol–water partition coefficient (Wildman–Crippen LogP) is 1.11. The van der Waals surface area contributed by atoms with Crippen molar-refractivity contribution >= 4 is 29.1 Å². The van der Waals surface area contributed by atoms with E-state index in [2.05, 4.69) is 5.32 Å². The quantitative estimate of drug-likeness (QED) is 0.797. The monoisotopic (exact) mass is 238 g/mol. The van der Waals surface area contributed by atoms with Crippen LogP contribution in [0.4, 0.5) is 5.69 Å². The molecule has 1 aliphatic rings. The number of anilines is 1. The van der Waals surface area contributed by atoms with E-state index in [0.29, 0.717) is 10.7 Å². The number of amides is 2. The molecule has 0 atom stereocenters. The third-order valence-electron chi connectivity index (χ3n) is 2.51. The zero-order chi connectivity index (χ0) is 11.7. The number of rotatable bonds is 1. The van der Waals surface area contributed by atoms with Gasteiger partial charge in [0.05, 0.1) is 6.54 Å². The standard InChI is InChI=1S/C11H11ClN2O2/c1-7-2-3-8(4-9(7)12)14-6-10(15)13-5-11(14)16/h2-4H,5-6H2,1H3,(H,13,15). The smallest absolute Gasteiger partial charge is 0.246 e. The molecule has 1 aromatic carbocycles. The Hall–Kier alpha value is -1.55. The van der Waals surface area contributed by atoms with Crippen LogP contribution in [0, 0.1) is 6.92 Å². The van der Waals surface area contributed by atoms with E-state index < -0.39 is 0 Å². The maximum absolute atomic E-state index is 11.6.